The molecule has 166 valence electrons. The monoisotopic (exact) mass is 498 g/mol. The second-order valence-corrected chi connectivity index (χ2v) is 3.71. The molecule has 0 saturated heterocycles. The molecular formula is C12H12O15V2-6. The summed E-state index contributed by atoms with van der Waals surface area (Å²) in [6.07, 6.45) is 0. The van der Waals surface area contributed by atoms with Crippen LogP contribution in [0.5, 0.6) is 0 Å². The number of aliphatic carboxylic acids is 6. The first-order valence-corrected chi connectivity index (χ1v) is 6.30. The average molecular weight is 498 g/mol. The first-order valence-electron chi connectivity index (χ1n) is 6.30. The summed E-state index contributed by atoms with van der Waals surface area (Å²) in [7, 11) is 0. The minimum Gasteiger partial charge on any atom is -0.548 e. The molecule has 0 amide bonds. The third kappa shape index (κ3) is 58.5. The maximum absolute atomic E-state index is 9.53. The van der Waals surface area contributed by atoms with Crippen LogP contribution >= 0.6 is 0 Å². The minimum atomic E-state index is -1.45. The summed E-state index contributed by atoms with van der Waals surface area (Å²) in [5.74, 6) is -8.69. The molecule has 0 N–H and O–H groups in total. The molecular weight excluding hydrogens is 486 g/mol. The molecule has 0 aliphatic heterocycles. The van der Waals surface area contributed by atoms with Gasteiger partial charge in [-0.25, -0.2) is 0 Å². The van der Waals surface area contributed by atoms with Gasteiger partial charge in [-0.3, -0.25) is 0 Å². The van der Waals surface area contributed by atoms with Crippen LogP contribution in [0.25, 0.3) is 0 Å². The van der Waals surface area contributed by atoms with Crippen molar-refractivity contribution < 1.29 is 111 Å². The third-order valence-corrected chi connectivity index (χ3v) is 1.32. The predicted molar refractivity (Wildman–Crippen MR) is 62.5 cm³/mol. The summed E-state index contributed by atoms with van der Waals surface area (Å²) in [5.41, 5.74) is 0. The Morgan fingerprint density at radius 3 is 0.552 bits per heavy atom. The van der Waals surface area contributed by atoms with Crippen molar-refractivity contribution in [2.24, 2.45) is 0 Å². The van der Waals surface area contributed by atoms with Crippen LogP contribution in [0, 0.1) is 0 Å². The molecule has 0 fully saturated rings. The van der Waals surface area contributed by atoms with Gasteiger partial charge in [0.05, 0.1) is 75.5 Å². The van der Waals surface area contributed by atoms with E-state index in [0.717, 1.165) is 0 Å². The van der Waals surface area contributed by atoms with Gasteiger partial charge in [-0.15, -0.1) is 0 Å². The van der Waals surface area contributed by atoms with Crippen LogP contribution in [0.2, 0.25) is 0 Å². The van der Waals surface area contributed by atoms with Gasteiger partial charge < -0.3 is 73.6 Å². The van der Waals surface area contributed by atoms with Crippen LogP contribution in [0.3, 0.4) is 0 Å². The van der Waals surface area contributed by atoms with Crippen molar-refractivity contribution in [3.05, 3.63) is 0 Å². The van der Waals surface area contributed by atoms with Gasteiger partial charge in [0.2, 0.25) is 0 Å². The first kappa shape index (κ1) is 37.6. The Bertz CT molecular complexity index is 394. The Morgan fingerprint density at radius 1 is 0.379 bits per heavy atom. The molecule has 0 bridgehead atoms. The van der Waals surface area contributed by atoms with Crippen molar-refractivity contribution in [3.63, 3.8) is 0 Å². The topological polar surface area (TPSA) is 268 Å². The van der Waals surface area contributed by atoms with Crippen molar-refractivity contribution in [3.8, 4) is 0 Å². The largest absolute Gasteiger partial charge is 0.548 e. The summed E-state index contributed by atoms with van der Waals surface area (Å²) in [6, 6.07) is 0. The summed E-state index contributed by atoms with van der Waals surface area (Å²) in [5, 5.41) is 57.2. The Labute approximate surface area is 186 Å². The molecule has 0 aromatic carbocycles. The number of carbonyl (C=O) groups is 6. The number of carboxylic acids is 6. The molecule has 0 saturated carbocycles. The van der Waals surface area contributed by atoms with Crippen molar-refractivity contribution in [1.29, 1.82) is 0 Å². The van der Waals surface area contributed by atoms with Gasteiger partial charge in [0, 0.05) is 37.1 Å². The molecule has 0 aromatic rings. The van der Waals surface area contributed by atoms with Crippen LogP contribution in [0.15, 0.2) is 0 Å². The maximum Gasteiger partial charge on any atom is 0.0866 e. The molecule has 0 unspecified atom stereocenters. The van der Waals surface area contributed by atoms with E-state index in [1.807, 2.05) is 0 Å². The van der Waals surface area contributed by atoms with Crippen LogP contribution in [0.4, 0.5) is 0 Å². The molecule has 29 heavy (non-hydrogen) atoms. The van der Waals surface area contributed by atoms with Crippen molar-refractivity contribution in [2.75, 3.05) is 39.6 Å². The van der Waals surface area contributed by atoms with Gasteiger partial charge in [-0.05, 0) is 0 Å². The smallest absolute Gasteiger partial charge is 0.0866 e. The van der Waals surface area contributed by atoms with Crippen LogP contribution in [0.1, 0.15) is 0 Å². The zero-order valence-electron chi connectivity index (χ0n) is 14.3. The second-order valence-electron chi connectivity index (χ2n) is 3.71. The molecule has 2 radical (unpaired) electrons. The molecule has 0 rings (SSSR count). The summed E-state index contributed by atoms with van der Waals surface area (Å²) < 4.78 is 12.1. The van der Waals surface area contributed by atoms with E-state index in [2.05, 4.69) is 14.2 Å². The van der Waals surface area contributed by atoms with Crippen LogP contribution < -0.4 is 30.6 Å². The summed E-state index contributed by atoms with van der Waals surface area (Å²) in [4.78, 5) is 57.2. The van der Waals surface area contributed by atoms with E-state index in [0.29, 0.717) is 0 Å². The number of hydrogen-bond donors (Lipinski definition) is 0. The second kappa shape index (κ2) is 25.9. The van der Waals surface area contributed by atoms with E-state index in [4.69, 9.17) is 0 Å². The minimum absolute atomic E-state index is 0. The molecule has 17 heteroatoms. The normalized spacial score (nSPS) is 8.28. The maximum atomic E-state index is 9.53. The van der Waals surface area contributed by atoms with Gasteiger partial charge in [0.1, 0.15) is 0 Å². The number of ether oxygens (including phenoxy) is 3. The SMILES string of the molecule is O=C([O-])COCC(=O)[O-].O=C([O-])COCC(=O)[O-].O=C([O-])COCC(=O)[O-].[V].[V]. The number of carbonyl (C=O) groups excluding carboxylic acids is 6. The van der Waals surface area contributed by atoms with Crippen molar-refractivity contribution >= 4 is 35.8 Å². The van der Waals surface area contributed by atoms with E-state index >= 15 is 0 Å². The van der Waals surface area contributed by atoms with E-state index in [9.17, 15) is 59.4 Å². The Kier molecular flexibility index (Phi) is 33.5. The predicted octanol–water partition coefficient (Wildman–Crippen LogP) is -10.5. The Hall–Kier alpha value is -2.13. The number of carboxylic acid groups (broad SMARTS) is 6. The average Bonchev–Trinajstić information content (AvgIpc) is 2.46. The van der Waals surface area contributed by atoms with Gasteiger partial charge in [-0.1, -0.05) is 0 Å². The molecule has 0 aromatic heterocycles. The Morgan fingerprint density at radius 2 is 0.483 bits per heavy atom. The quantitative estimate of drug-likeness (QED) is 0.242. The van der Waals surface area contributed by atoms with Crippen LogP contribution in [-0.2, 0) is 80.1 Å². The number of hydrogen-bond acceptors (Lipinski definition) is 15. The fourth-order valence-corrected chi connectivity index (χ4v) is 0.653. The zero-order valence-corrected chi connectivity index (χ0v) is 17.1. The summed E-state index contributed by atoms with van der Waals surface area (Å²) >= 11 is 0. The van der Waals surface area contributed by atoms with Gasteiger partial charge >= 0.3 is 0 Å². The standard InChI is InChI=1S/3C4H6O5.2V/c3*5-3(6)1-9-2-4(7)8;;/h3*1-2H2,(H,5,6)(H,7,8);;/p-6. The molecule has 0 spiro atoms. The van der Waals surface area contributed by atoms with Gasteiger partial charge in [0.15, 0.2) is 0 Å². The van der Waals surface area contributed by atoms with E-state index in [1.165, 1.54) is 0 Å². The number of rotatable bonds is 12. The van der Waals surface area contributed by atoms with Gasteiger partial charge in [-0.2, -0.15) is 0 Å². The van der Waals surface area contributed by atoms with Crippen LogP contribution in [-0.4, -0.2) is 75.5 Å². The molecule has 0 heterocycles. The first-order chi connectivity index (χ1) is 12.4. The molecule has 0 aliphatic rings. The summed E-state index contributed by atoms with van der Waals surface area (Å²) in [6.45, 7) is -4.29. The van der Waals surface area contributed by atoms with E-state index < -0.39 is 75.5 Å². The fourth-order valence-electron chi connectivity index (χ4n) is 0.653. The third-order valence-electron chi connectivity index (χ3n) is 1.32. The molecule has 0 aliphatic carbocycles. The zero-order chi connectivity index (χ0) is 21.8. The van der Waals surface area contributed by atoms with Crippen molar-refractivity contribution in [1.82, 2.24) is 0 Å². The van der Waals surface area contributed by atoms with E-state index in [-0.39, 0.29) is 37.1 Å². The molecule has 0 atom stereocenters. The molecule has 15 nitrogen and oxygen atoms in total. The fraction of sp³-hybridized carbons (Fsp3) is 0.500. The van der Waals surface area contributed by atoms with Gasteiger partial charge in [0.25, 0.3) is 0 Å². The Balaban J connectivity index is -0.0000000960. The van der Waals surface area contributed by atoms with E-state index in [1.54, 1.807) is 0 Å². The van der Waals surface area contributed by atoms with Crippen molar-refractivity contribution in [2.45, 2.75) is 0 Å².